The Bertz CT molecular complexity index is 1050. The van der Waals surface area contributed by atoms with E-state index in [2.05, 4.69) is 20.2 Å². The van der Waals surface area contributed by atoms with E-state index in [1.54, 1.807) is 36.4 Å². The summed E-state index contributed by atoms with van der Waals surface area (Å²) in [6.45, 7) is 0. The normalized spacial score (nSPS) is 16.8. The van der Waals surface area contributed by atoms with Gasteiger partial charge in [0.05, 0.1) is 16.6 Å². The number of tetrazole rings is 1. The van der Waals surface area contributed by atoms with Crippen molar-refractivity contribution in [1.29, 1.82) is 0 Å². The van der Waals surface area contributed by atoms with E-state index in [0.29, 0.717) is 16.8 Å². The highest BCUT2D eigenvalue weighted by Gasteiger charge is 2.32. The number of benzene rings is 2. The van der Waals surface area contributed by atoms with Crippen molar-refractivity contribution in [2.24, 2.45) is 0 Å². The summed E-state index contributed by atoms with van der Waals surface area (Å²) in [6, 6.07) is 12.7. The van der Waals surface area contributed by atoms with Gasteiger partial charge in [0.15, 0.2) is 5.78 Å². The summed E-state index contributed by atoms with van der Waals surface area (Å²) >= 11 is 0. The van der Waals surface area contributed by atoms with Gasteiger partial charge in [0.2, 0.25) is 10.0 Å². The number of carbonyl (C=O) groups is 1. The van der Waals surface area contributed by atoms with Crippen LogP contribution in [0.15, 0.2) is 59.8 Å². The predicted octanol–water partition coefficient (Wildman–Crippen LogP) is 1.27. The molecule has 1 aromatic heterocycles. The van der Waals surface area contributed by atoms with Crippen LogP contribution in [0.2, 0.25) is 0 Å². The molecule has 0 amide bonds. The lowest BCUT2D eigenvalue weighted by Gasteiger charge is -2.14. The van der Waals surface area contributed by atoms with Gasteiger partial charge in [-0.3, -0.25) is 4.79 Å². The molecule has 0 aliphatic heterocycles. The van der Waals surface area contributed by atoms with Gasteiger partial charge < -0.3 is 0 Å². The third-order valence-electron chi connectivity index (χ3n) is 4.07. The van der Waals surface area contributed by atoms with E-state index in [0.717, 1.165) is 0 Å². The largest absolute Gasteiger partial charge is 0.294 e. The minimum Gasteiger partial charge on any atom is -0.294 e. The summed E-state index contributed by atoms with van der Waals surface area (Å²) in [5, 5.41) is 10.8. The molecule has 1 heterocycles. The van der Waals surface area contributed by atoms with Gasteiger partial charge >= 0.3 is 0 Å². The molecule has 9 heteroatoms. The maximum Gasteiger partial charge on any atom is 0.241 e. The van der Waals surface area contributed by atoms with Crippen LogP contribution < -0.4 is 4.72 Å². The minimum absolute atomic E-state index is 0.0641. The molecule has 25 heavy (non-hydrogen) atoms. The Morgan fingerprint density at radius 1 is 1.12 bits per heavy atom. The summed E-state index contributed by atoms with van der Waals surface area (Å²) in [7, 11) is -3.81. The first-order chi connectivity index (χ1) is 12.0. The van der Waals surface area contributed by atoms with Gasteiger partial charge in [-0.25, -0.2) is 17.8 Å². The van der Waals surface area contributed by atoms with Crippen molar-refractivity contribution in [3.05, 3.63) is 66.0 Å². The first kappa shape index (κ1) is 15.6. The lowest BCUT2D eigenvalue weighted by molar-refractivity contribution is 0.0988. The van der Waals surface area contributed by atoms with Gasteiger partial charge in [0, 0.05) is 12.0 Å². The zero-order valence-electron chi connectivity index (χ0n) is 12.9. The molecule has 0 spiro atoms. The molecule has 8 nitrogen and oxygen atoms in total. The number of nitrogens with zero attached hydrogens (tertiary/aromatic N) is 4. The zero-order valence-corrected chi connectivity index (χ0v) is 13.7. The van der Waals surface area contributed by atoms with Crippen LogP contribution >= 0.6 is 0 Å². The van der Waals surface area contributed by atoms with E-state index in [1.165, 1.54) is 23.1 Å². The van der Waals surface area contributed by atoms with E-state index >= 15 is 0 Å². The van der Waals surface area contributed by atoms with Gasteiger partial charge in [-0.15, -0.1) is 5.10 Å². The summed E-state index contributed by atoms with van der Waals surface area (Å²) in [5.41, 5.74) is 1.79. The maximum atomic E-state index is 12.7. The Labute approximate surface area is 143 Å². The molecule has 1 aliphatic rings. The molecule has 3 aromatic rings. The van der Waals surface area contributed by atoms with Crippen LogP contribution in [0, 0.1) is 0 Å². The quantitative estimate of drug-likeness (QED) is 0.755. The minimum atomic E-state index is -3.81. The van der Waals surface area contributed by atoms with Crippen molar-refractivity contribution < 1.29 is 13.2 Å². The number of hydrogen-bond donors (Lipinski definition) is 1. The molecule has 0 radical (unpaired) electrons. The smallest absolute Gasteiger partial charge is 0.241 e. The molecule has 0 saturated heterocycles. The van der Waals surface area contributed by atoms with Crippen LogP contribution in [0.4, 0.5) is 0 Å². The fourth-order valence-electron chi connectivity index (χ4n) is 2.89. The van der Waals surface area contributed by atoms with Crippen LogP contribution in [-0.2, 0) is 10.0 Å². The van der Waals surface area contributed by atoms with Crippen LogP contribution in [0.5, 0.6) is 0 Å². The average Bonchev–Trinajstić information content (AvgIpc) is 3.25. The molecular formula is C16H13N5O3S. The molecule has 0 bridgehead atoms. The van der Waals surface area contributed by atoms with Gasteiger partial charge in [-0.1, -0.05) is 30.3 Å². The Morgan fingerprint density at radius 2 is 1.96 bits per heavy atom. The number of rotatable bonds is 4. The highest BCUT2D eigenvalue weighted by molar-refractivity contribution is 7.89. The standard InChI is InChI=1S/C16H13N5O3S/c22-16-9-15(13-6-1-2-7-14(13)16)18-25(23,24)12-5-3-4-11(8-12)21-10-17-19-20-21/h1-8,10,15,18H,9H2/t15-/m0/s1. The maximum absolute atomic E-state index is 12.7. The SMILES string of the molecule is O=C1C[C@H](NS(=O)(=O)c2cccc(-n3cnnn3)c2)c2ccccc21. The number of ketones is 1. The number of Topliss-reactive ketones (excluding diaryl/α,β-unsaturated/α-hetero) is 1. The van der Waals surface area contributed by atoms with Gasteiger partial charge in [-0.05, 0) is 34.2 Å². The highest BCUT2D eigenvalue weighted by atomic mass is 32.2. The second-order valence-electron chi connectivity index (χ2n) is 5.64. The van der Waals surface area contributed by atoms with Gasteiger partial charge in [0.1, 0.15) is 6.33 Å². The van der Waals surface area contributed by atoms with Crippen molar-refractivity contribution in [2.45, 2.75) is 17.4 Å². The van der Waals surface area contributed by atoms with Crippen molar-refractivity contribution >= 4 is 15.8 Å². The number of fused-ring (bicyclic) bond motifs is 1. The lowest BCUT2D eigenvalue weighted by atomic mass is 10.1. The van der Waals surface area contributed by atoms with E-state index in [4.69, 9.17) is 0 Å². The molecular weight excluding hydrogens is 342 g/mol. The van der Waals surface area contributed by atoms with E-state index in [1.807, 2.05) is 0 Å². The predicted molar refractivity (Wildman–Crippen MR) is 87.6 cm³/mol. The van der Waals surface area contributed by atoms with Gasteiger partial charge in [-0.2, -0.15) is 0 Å². The number of nitrogens with one attached hydrogen (secondary N) is 1. The molecule has 2 aromatic carbocycles. The van der Waals surface area contributed by atoms with Crippen LogP contribution in [-0.4, -0.2) is 34.4 Å². The fourth-order valence-corrected chi connectivity index (χ4v) is 4.15. The summed E-state index contributed by atoms with van der Waals surface area (Å²) < 4.78 is 29.5. The van der Waals surface area contributed by atoms with Gasteiger partial charge in [0.25, 0.3) is 0 Å². The van der Waals surface area contributed by atoms with E-state index in [-0.39, 0.29) is 17.1 Å². The first-order valence-corrected chi connectivity index (χ1v) is 9.01. The highest BCUT2D eigenvalue weighted by Crippen LogP contribution is 2.32. The molecule has 0 unspecified atom stereocenters. The molecule has 1 aliphatic carbocycles. The van der Waals surface area contributed by atoms with Crippen LogP contribution in [0.25, 0.3) is 5.69 Å². The summed E-state index contributed by atoms with van der Waals surface area (Å²) in [4.78, 5) is 12.1. The van der Waals surface area contributed by atoms with Crippen molar-refractivity contribution in [1.82, 2.24) is 24.9 Å². The second kappa shape index (κ2) is 5.87. The number of carbonyl (C=O) groups excluding carboxylic acids is 1. The number of aromatic nitrogens is 4. The Balaban J connectivity index is 1.65. The monoisotopic (exact) mass is 355 g/mol. The first-order valence-electron chi connectivity index (χ1n) is 7.52. The third-order valence-corrected chi connectivity index (χ3v) is 5.53. The number of sulfonamides is 1. The number of hydrogen-bond acceptors (Lipinski definition) is 6. The van der Waals surface area contributed by atoms with Crippen molar-refractivity contribution in [3.8, 4) is 5.69 Å². The third kappa shape index (κ3) is 2.83. The zero-order chi connectivity index (χ0) is 17.4. The lowest BCUT2D eigenvalue weighted by Crippen LogP contribution is -2.27. The Kier molecular flexibility index (Phi) is 3.66. The molecule has 0 saturated carbocycles. The van der Waals surface area contributed by atoms with Crippen molar-refractivity contribution in [3.63, 3.8) is 0 Å². The van der Waals surface area contributed by atoms with E-state index < -0.39 is 16.1 Å². The summed E-state index contributed by atoms with van der Waals surface area (Å²) in [6.07, 6.45) is 1.50. The average molecular weight is 355 g/mol. The van der Waals surface area contributed by atoms with Crippen molar-refractivity contribution in [2.75, 3.05) is 0 Å². The molecule has 4 rings (SSSR count). The van der Waals surface area contributed by atoms with Crippen LogP contribution in [0.1, 0.15) is 28.4 Å². The molecule has 126 valence electrons. The van der Waals surface area contributed by atoms with E-state index in [9.17, 15) is 13.2 Å². The Morgan fingerprint density at radius 3 is 2.76 bits per heavy atom. The fraction of sp³-hybridized carbons (Fsp3) is 0.125. The topological polar surface area (TPSA) is 107 Å². The Hall–Kier alpha value is -2.91. The molecule has 0 fully saturated rings. The molecule has 1 atom stereocenters. The molecule has 1 N–H and O–H groups in total. The summed E-state index contributed by atoms with van der Waals surface area (Å²) in [5.74, 6) is -0.0641. The van der Waals surface area contributed by atoms with Crippen LogP contribution in [0.3, 0.4) is 0 Å². The second-order valence-corrected chi connectivity index (χ2v) is 7.35.